The molecule has 0 saturated heterocycles. The molecule has 0 bridgehead atoms. The first-order chi connectivity index (χ1) is 6.29. The van der Waals surface area contributed by atoms with Crippen LogP contribution in [-0.2, 0) is 5.11 Å². The van der Waals surface area contributed by atoms with Crippen LogP contribution in [0.5, 0.6) is 11.5 Å². The highest BCUT2D eigenvalue weighted by atomic mass is 79.9. The van der Waals surface area contributed by atoms with Crippen LogP contribution in [-0.4, -0.2) is 19.3 Å². The van der Waals surface area contributed by atoms with E-state index in [1.165, 1.54) is 0 Å². The minimum Gasteiger partial charge on any atom is -0.486 e. The molecule has 0 unspecified atom stereocenters. The lowest BCUT2D eigenvalue weighted by Gasteiger charge is -2.24. The Morgan fingerprint density at radius 1 is 1.46 bits per heavy atom. The molecular weight excluding hydrogens is 236 g/mol. The molecule has 1 heterocycles. The lowest BCUT2D eigenvalue weighted by molar-refractivity contribution is 0.0199. The first-order valence-electron chi connectivity index (χ1n) is 3.96. The number of ether oxygens (including phenoxy) is 2. The zero-order chi connectivity index (χ0) is 9.26. The van der Waals surface area contributed by atoms with Crippen molar-refractivity contribution in [3.63, 3.8) is 0 Å². The molecule has 1 aromatic rings. The van der Waals surface area contributed by atoms with E-state index in [-0.39, 0.29) is 12.7 Å². The lowest BCUT2D eigenvalue weighted by atomic mass is 10.3. The monoisotopic (exact) mass is 243 g/mol. The summed E-state index contributed by atoms with van der Waals surface area (Å²) in [5, 5.41) is 10.6. The van der Waals surface area contributed by atoms with Gasteiger partial charge >= 0.3 is 0 Å². The molecule has 0 amide bonds. The summed E-state index contributed by atoms with van der Waals surface area (Å²) < 4.78 is 11.6. The van der Waals surface area contributed by atoms with Gasteiger partial charge in [0, 0.05) is 4.47 Å². The Morgan fingerprint density at radius 3 is 3.08 bits per heavy atom. The molecule has 1 aromatic carbocycles. The van der Waals surface area contributed by atoms with E-state index in [4.69, 9.17) is 9.47 Å². The van der Waals surface area contributed by atoms with E-state index in [0.29, 0.717) is 18.1 Å². The normalized spacial score (nSPS) is 20.0. The van der Waals surface area contributed by atoms with Crippen LogP contribution in [0, 0.1) is 0 Å². The fourth-order valence-electron chi connectivity index (χ4n) is 1.17. The molecule has 0 saturated carbocycles. The molecule has 69 valence electrons. The predicted molar refractivity (Wildman–Crippen MR) is 49.6 cm³/mol. The number of benzene rings is 1. The lowest BCUT2D eigenvalue weighted by Crippen LogP contribution is -2.31. The second-order valence-corrected chi connectivity index (χ2v) is 3.72. The summed E-state index contributed by atoms with van der Waals surface area (Å²) in [4.78, 5) is 0. The molecule has 3 nitrogen and oxygen atoms in total. The van der Waals surface area contributed by atoms with Crippen molar-refractivity contribution in [2.45, 2.75) is 6.10 Å². The number of halogens is 1. The first-order valence-corrected chi connectivity index (χ1v) is 4.76. The van der Waals surface area contributed by atoms with Gasteiger partial charge in [-0.25, -0.2) is 5.11 Å². The summed E-state index contributed by atoms with van der Waals surface area (Å²) in [5.41, 5.74) is 0. The third kappa shape index (κ3) is 1.78. The minimum absolute atomic E-state index is 0.272. The Kier molecular flexibility index (Phi) is 2.42. The van der Waals surface area contributed by atoms with Gasteiger partial charge in [0.05, 0.1) is 0 Å². The maximum absolute atomic E-state index is 10.6. The van der Waals surface area contributed by atoms with E-state index in [1.807, 2.05) is 12.1 Å². The predicted octanol–water partition coefficient (Wildman–Crippen LogP) is 2.02. The van der Waals surface area contributed by atoms with Crippen molar-refractivity contribution in [3.8, 4) is 11.5 Å². The molecule has 13 heavy (non-hydrogen) atoms. The third-order valence-corrected chi connectivity index (χ3v) is 2.30. The second-order valence-electron chi connectivity index (χ2n) is 2.81. The van der Waals surface area contributed by atoms with E-state index in [0.717, 1.165) is 4.47 Å². The average Bonchev–Trinajstić information content (AvgIpc) is 2.16. The van der Waals surface area contributed by atoms with Crippen LogP contribution in [0.15, 0.2) is 22.7 Å². The fraction of sp³-hybridized carbons (Fsp3) is 0.333. The zero-order valence-corrected chi connectivity index (χ0v) is 8.41. The molecule has 1 radical (unpaired) electrons. The van der Waals surface area contributed by atoms with E-state index >= 15 is 0 Å². The quantitative estimate of drug-likeness (QED) is 0.757. The van der Waals surface area contributed by atoms with Crippen molar-refractivity contribution in [3.05, 3.63) is 22.7 Å². The summed E-state index contributed by atoms with van der Waals surface area (Å²) >= 11 is 3.32. The Labute approximate surface area is 84.4 Å². The summed E-state index contributed by atoms with van der Waals surface area (Å²) in [6.45, 7) is 0.0735. The fourth-order valence-corrected chi connectivity index (χ4v) is 1.51. The van der Waals surface area contributed by atoms with Gasteiger partial charge in [-0.05, 0) is 18.2 Å². The van der Waals surface area contributed by atoms with Crippen LogP contribution >= 0.6 is 15.9 Å². The standard InChI is InChI=1S/C9H8BrO3/c10-6-1-2-8-9(3-6)13-7(4-11)5-12-8/h1-3,7H,4-5H2/t7-/m1/s1. The summed E-state index contributed by atoms with van der Waals surface area (Å²) in [6.07, 6.45) is -0.359. The van der Waals surface area contributed by atoms with E-state index in [9.17, 15) is 5.11 Å². The maximum atomic E-state index is 10.6. The molecule has 0 N–H and O–H groups in total. The smallest absolute Gasteiger partial charge is 0.163 e. The van der Waals surface area contributed by atoms with Gasteiger partial charge in [0.1, 0.15) is 13.2 Å². The molecule has 4 heteroatoms. The average molecular weight is 244 g/mol. The van der Waals surface area contributed by atoms with Gasteiger partial charge in [0.25, 0.3) is 0 Å². The van der Waals surface area contributed by atoms with Crippen LogP contribution in [0.1, 0.15) is 0 Å². The highest BCUT2D eigenvalue weighted by molar-refractivity contribution is 9.10. The first kappa shape index (κ1) is 8.84. The molecule has 1 aliphatic rings. The Balaban J connectivity index is 2.27. The Morgan fingerprint density at radius 2 is 2.31 bits per heavy atom. The topological polar surface area (TPSA) is 38.4 Å². The van der Waals surface area contributed by atoms with Crippen molar-refractivity contribution in [2.75, 3.05) is 13.2 Å². The van der Waals surface area contributed by atoms with Crippen molar-refractivity contribution >= 4 is 15.9 Å². The van der Waals surface area contributed by atoms with Gasteiger partial charge in [-0.15, -0.1) is 0 Å². The van der Waals surface area contributed by atoms with Gasteiger partial charge in [-0.2, -0.15) is 0 Å². The number of fused-ring (bicyclic) bond motifs is 1. The molecule has 0 aromatic heterocycles. The summed E-state index contributed by atoms with van der Waals surface area (Å²) in [5.74, 6) is 1.34. The Bertz CT molecular complexity index is 314. The van der Waals surface area contributed by atoms with Crippen molar-refractivity contribution in [2.24, 2.45) is 0 Å². The number of rotatable bonds is 1. The van der Waals surface area contributed by atoms with Crippen molar-refractivity contribution in [1.29, 1.82) is 0 Å². The molecule has 0 fully saturated rings. The van der Waals surface area contributed by atoms with Gasteiger partial charge < -0.3 is 9.47 Å². The number of hydrogen-bond acceptors (Lipinski definition) is 2. The third-order valence-electron chi connectivity index (χ3n) is 1.81. The zero-order valence-electron chi connectivity index (χ0n) is 6.83. The van der Waals surface area contributed by atoms with Gasteiger partial charge in [0.15, 0.2) is 17.6 Å². The van der Waals surface area contributed by atoms with Crippen LogP contribution in [0.4, 0.5) is 0 Å². The Hall–Kier alpha value is -0.740. The van der Waals surface area contributed by atoms with Gasteiger partial charge in [-0.1, -0.05) is 15.9 Å². The van der Waals surface area contributed by atoms with Crippen LogP contribution in [0.3, 0.4) is 0 Å². The highest BCUT2D eigenvalue weighted by Crippen LogP contribution is 2.33. The van der Waals surface area contributed by atoms with E-state index in [1.54, 1.807) is 6.07 Å². The molecule has 0 aliphatic carbocycles. The van der Waals surface area contributed by atoms with Crippen molar-refractivity contribution < 1.29 is 14.6 Å². The van der Waals surface area contributed by atoms with Gasteiger partial charge in [-0.3, -0.25) is 0 Å². The minimum atomic E-state index is -0.359. The molecule has 0 spiro atoms. The van der Waals surface area contributed by atoms with Crippen LogP contribution in [0.2, 0.25) is 0 Å². The molecule has 1 atom stereocenters. The van der Waals surface area contributed by atoms with Crippen LogP contribution < -0.4 is 9.47 Å². The van der Waals surface area contributed by atoms with E-state index in [2.05, 4.69) is 15.9 Å². The van der Waals surface area contributed by atoms with Gasteiger partial charge in [0.2, 0.25) is 0 Å². The van der Waals surface area contributed by atoms with Crippen molar-refractivity contribution in [1.82, 2.24) is 0 Å². The maximum Gasteiger partial charge on any atom is 0.163 e. The SMILES string of the molecule is [O]C[C@@H]1COc2ccc(Br)cc2O1. The number of hydrogen-bond donors (Lipinski definition) is 0. The summed E-state index contributed by atoms with van der Waals surface area (Å²) in [7, 11) is 0. The molecule has 1 aliphatic heterocycles. The summed E-state index contributed by atoms with van der Waals surface area (Å²) in [6, 6.07) is 5.50. The largest absolute Gasteiger partial charge is 0.486 e. The van der Waals surface area contributed by atoms with Crippen LogP contribution in [0.25, 0.3) is 0 Å². The second kappa shape index (κ2) is 3.55. The highest BCUT2D eigenvalue weighted by Gasteiger charge is 2.20. The molecule has 2 rings (SSSR count). The molecular formula is C9H8BrO3. The van der Waals surface area contributed by atoms with E-state index < -0.39 is 0 Å².